The van der Waals surface area contributed by atoms with E-state index in [2.05, 4.69) is 36.5 Å². The summed E-state index contributed by atoms with van der Waals surface area (Å²) in [5, 5.41) is 3.33. The number of ether oxygens (including phenoxy) is 2. The fourth-order valence-corrected chi connectivity index (χ4v) is 2.02. The highest BCUT2D eigenvalue weighted by Gasteiger charge is 1.97. The van der Waals surface area contributed by atoms with Crippen LogP contribution in [0.2, 0.25) is 0 Å². The van der Waals surface area contributed by atoms with Gasteiger partial charge >= 0.3 is 0 Å². The Balaban J connectivity index is 1.66. The topological polar surface area (TPSA) is 30.5 Å². The van der Waals surface area contributed by atoms with Crippen LogP contribution in [0.3, 0.4) is 0 Å². The molecule has 2 aromatic rings. The van der Waals surface area contributed by atoms with Crippen molar-refractivity contribution < 1.29 is 9.47 Å². The first-order chi connectivity index (χ1) is 10.4. The van der Waals surface area contributed by atoms with Gasteiger partial charge in [-0.05, 0) is 29.8 Å². The summed E-state index contributed by atoms with van der Waals surface area (Å²) in [6.45, 7) is 5.78. The number of para-hydroxylation sites is 1. The Morgan fingerprint density at radius 3 is 2.52 bits per heavy atom. The van der Waals surface area contributed by atoms with Gasteiger partial charge in [-0.25, -0.2) is 0 Å². The lowest BCUT2D eigenvalue weighted by Gasteiger charge is -2.08. The summed E-state index contributed by atoms with van der Waals surface area (Å²) in [5.41, 5.74) is 2.49. The third-order valence-corrected chi connectivity index (χ3v) is 3.08. The van der Waals surface area contributed by atoms with E-state index in [-0.39, 0.29) is 0 Å². The number of hydrogen-bond acceptors (Lipinski definition) is 3. The number of nitrogens with one attached hydrogen (secondary N) is 1. The molecule has 0 aliphatic carbocycles. The molecule has 1 N–H and O–H groups in total. The van der Waals surface area contributed by atoms with Crippen LogP contribution >= 0.6 is 0 Å². The Morgan fingerprint density at radius 2 is 1.71 bits per heavy atom. The first kappa shape index (κ1) is 15.5. The average Bonchev–Trinajstić information content (AvgIpc) is 2.54. The maximum absolute atomic E-state index is 5.66. The maximum atomic E-state index is 5.66. The minimum atomic E-state index is 0.571. The van der Waals surface area contributed by atoms with Gasteiger partial charge in [0.2, 0.25) is 0 Å². The van der Waals surface area contributed by atoms with Gasteiger partial charge in [-0.15, -0.1) is 0 Å². The molecule has 0 saturated carbocycles. The lowest BCUT2D eigenvalue weighted by atomic mass is 10.1. The molecule has 21 heavy (non-hydrogen) atoms. The number of benzene rings is 2. The molecule has 0 unspecified atom stereocenters. The maximum Gasteiger partial charge on any atom is 0.119 e. The molecule has 3 heteroatoms. The van der Waals surface area contributed by atoms with E-state index in [0.717, 1.165) is 18.8 Å². The van der Waals surface area contributed by atoms with E-state index in [1.807, 2.05) is 30.3 Å². The first-order valence-electron chi connectivity index (χ1n) is 7.42. The van der Waals surface area contributed by atoms with E-state index in [4.69, 9.17) is 9.47 Å². The molecule has 3 nitrogen and oxygen atoms in total. The van der Waals surface area contributed by atoms with E-state index in [1.54, 1.807) is 0 Å². The van der Waals surface area contributed by atoms with Crippen LogP contribution in [0.1, 0.15) is 18.1 Å². The van der Waals surface area contributed by atoms with Crippen molar-refractivity contribution in [1.82, 2.24) is 5.32 Å². The zero-order valence-corrected chi connectivity index (χ0v) is 12.5. The zero-order chi connectivity index (χ0) is 14.8. The Labute approximate surface area is 126 Å². The van der Waals surface area contributed by atoms with Crippen molar-refractivity contribution in [3.05, 3.63) is 65.7 Å². The van der Waals surface area contributed by atoms with Gasteiger partial charge in [0.1, 0.15) is 12.4 Å². The van der Waals surface area contributed by atoms with Gasteiger partial charge in [-0.2, -0.15) is 0 Å². The highest BCUT2D eigenvalue weighted by atomic mass is 16.5. The fourth-order valence-electron chi connectivity index (χ4n) is 2.02. The summed E-state index contributed by atoms with van der Waals surface area (Å²) in [4.78, 5) is 0. The Kier molecular flexibility index (Phi) is 6.78. The van der Waals surface area contributed by atoms with Crippen LogP contribution < -0.4 is 10.1 Å². The van der Waals surface area contributed by atoms with Crippen LogP contribution in [-0.4, -0.2) is 19.8 Å². The highest BCUT2D eigenvalue weighted by Crippen LogP contribution is 2.09. The smallest absolute Gasteiger partial charge is 0.119 e. The molecule has 0 amide bonds. The second-order valence-electron chi connectivity index (χ2n) is 4.81. The lowest BCUT2D eigenvalue weighted by molar-refractivity contribution is 0.0889. The van der Waals surface area contributed by atoms with Crippen LogP contribution in [0.5, 0.6) is 5.75 Å². The van der Waals surface area contributed by atoms with Crippen LogP contribution in [0.25, 0.3) is 0 Å². The predicted molar refractivity (Wildman–Crippen MR) is 85.4 cm³/mol. The molecule has 112 valence electrons. The molecule has 0 saturated heterocycles. The molecular formula is C18H23NO2. The van der Waals surface area contributed by atoms with Gasteiger partial charge in [0.05, 0.1) is 13.2 Å². The van der Waals surface area contributed by atoms with Crippen molar-refractivity contribution in [3.8, 4) is 5.75 Å². The molecule has 0 aliphatic rings. The Bertz CT molecular complexity index is 514. The molecule has 2 aromatic carbocycles. The van der Waals surface area contributed by atoms with Crippen LogP contribution in [-0.2, 0) is 17.9 Å². The van der Waals surface area contributed by atoms with E-state index < -0.39 is 0 Å². The summed E-state index contributed by atoms with van der Waals surface area (Å²) < 4.78 is 11.2. The first-order valence-corrected chi connectivity index (χ1v) is 7.42. The second kappa shape index (κ2) is 9.16. The quantitative estimate of drug-likeness (QED) is 0.716. The van der Waals surface area contributed by atoms with E-state index >= 15 is 0 Å². The van der Waals surface area contributed by atoms with Crippen molar-refractivity contribution in [1.29, 1.82) is 0 Å². The fraction of sp³-hybridized carbons (Fsp3) is 0.333. The molecule has 0 aromatic heterocycles. The molecule has 0 spiro atoms. The molecule has 0 heterocycles. The van der Waals surface area contributed by atoms with Crippen molar-refractivity contribution >= 4 is 0 Å². The van der Waals surface area contributed by atoms with Gasteiger partial charge in [-0.3, -0.25) is 0 Å². The molecule has 0 fully saturated rings. The standard InChI is InChI=1S/C18H23NO2/c1-2-19-14-16-7-6-8-17(13-16)15-20-11-12-21-18-9-4-3-5-10-18/h3-10,13,19H,2,11-12,14-15H2,1H3. The number of rotatable bonds is 9. The number of hydrogen-bond donors (Lipinski definition) is 1. The van der Waals surface area contributed by atoms with Gasteiger partial charge in [0.15, 0.2) is 0 Å². The monoisotopic (exact) mass is 285 g/mol. The largest absolute Gasteiger partial charge is 0.491 e. The van der Waals surface area contributed by atoms with Crippen molar-refractivity contribution in [2.45, 2.75) is 20.1 Å². The minimum absolute atomic E-state index is 0.571. The predicted octanol–water partition coefficient (Wildman–Crippen LogP) is 3.39. The zero-order valence-electron chi connectivity index (χ0n) is 12.5. The summed E-state index contributed by atoms with van der Waals surface area (Å²) in [6, 6.07) is 18.3. The van der Waals surface area contributed by atoms with Crippen LogP contribution in [0, 0.1) is 0 Å². The highest BCUT2D eigenvalue weighted by molar-refractivity contribution is 5.23. The Morgan fingerprint density at radius 1 is 0.905 bits per heavy atom. The summed E-state index contributed by atoms with van der Waals surface area (Å²) >= 11 is 0. The van der Waals surface area contributed by atoms with Gasteiger partial charge in [0.25, 0.3) is 0 Å². The molecule has 0 aliphatic heterocycles. The third-order valence-electron chi connectivity index (χ3n) is 3.08. The van der Waals surface area contributed by atoms with Crippen molar-refractivity contribution in [3.63, 3.8) is 0 Å². The summed E-state index contributed by atoms with van der Waals surface area (Å²) in [5.74, 6) is 0.883. The van der Waals surface area contributed by atoms with Gasteiger partial charge < -0.3 is 14.8 Å². The molecular weight excluding hydrogens is 262 g/mol. The molecule has 0 radical (unpaired) electrons. The van der Waals surface area contributed by atoms with Crippen LogP contribution in [0.15, 0.2) is 54.6 Å². The summed E-state index contributed by atoms with van der Waals surface area (Å²) in [6.07, 6.45) is 0. The van der Waals surface area contributed by atoms with E-state index in [0.29, 0.717) is 19.8 Å². The molecule has 2 rings (SSSR count). The van der Waals surface area contributed by atoms with Crippen molar-refractivity contribution in [2.24, 2.45) is 0 Å². The SMILES string of the molecule is CCNCc1cccc(COCCOc2ccccc2)c1. The minimum Gasteiger partial charge on any atom is -0.491 e. The van der Waals surface area contributed by atoms with E-state index in [9.17, 15) is 0 Å². The van der Waals surface area contributed by atoms with Crippen LogP contribution in [0.4, 0.5) is 0 Å². The molecule has 0 bridgehead atoms. The molecule has 0 atom stereocenters. The lowest BCUT2D eigenvalue weighted by Crippen LogP contribution is -2.12. The van der Waals surface area contributed by atoms with Gasteiger partial charge in [-0.1, -0.05) is 49.4 Å². The average molecular weight is 285 g/mol. The van der Waals surface area contributed by atoms with E-state index in [1.165, 1.54) is 11.1 Å². The summed E-state index contributed by atoms with van der Waals surface area (Å²) in [7, 11) is 0. The van der Waals surface area contributed by atoms with Crippen molar-refractivity contribution in [2.75, 3.05) is 19.8 Å². The Hall–Kier alpha value is -1.84. The second-order valence-corrected chi connectivity index (χ2v) is 4.81. The normalized spacial score (nSPS) is 10.5. The van der Waals surface area contributed by atoms with Gasteiger partial charge in [0, 0.05) is 6.54 Å². The third kappa shape index (κ3) is 5.98.